The van der Waals surface area contributed by atoms with E-state index in [0.717, 1.165) is 25.1 Å². The number of guanidine groups is 1. The summed E-state index contributed by atoms with van der Waals surface area (Å²) in [6, 6.07) is 1.42. The highest BCUT2D eigenvalue weighted by atomic mass is 127. The SMILES string of the molecule is CCNC(=NCCCCCCCN(C)C)NC1CCN(C2CCCC2)C1.I. The van der Waals surface area contributed by atoms with E-state index in [2.05, 4.69) is 41.5 Å². The van der Waals surface area contributed by atoms with E-state index in [4.69, 9.17) is 4.99 Å². The van der Waals surface area contributed by atoms with Crippen LogP contribution < -0.4 is 10.6 Å². The van der Waals surface area contributed by atoms with E-state index in [9.17, 15) is 0 Å². The molecule has 160 valence electrons. The molecule has 0 bridgehead atoms. The molecule has 2 rings (SSSR count). The van der Waals surface area contributed by atoms with E-state index < -0.39 is 0 Å². The van der Waals surface area contributed by atoms with Crippen LogP contribution in [0, 0.1) is 0 Å². The fraction of sp³-hybridized carbons (Fsp3) is 0.952. The Kier molecular flexibility index (Phi) is 13.7. The summed E-state index contributed by atoms with van der Waals surface area (Å²) in [5, 5.41) is 7.12. The average molecular weight is 494 g/mol. The zero-order valence-corrected chi connectivity index (χ0v) is 20.3. The van der Waals surface area contributed by atoms with Crippen LogP contribution in [0.25, 0.3) is 0 Å². The van der Waals surface area contributed by atoms with Crippen LogP contribution in [0.4, 0.5) is 0 Å². The van der Waals surface area contributed by atoms with Gasteiger partial charge in [-0.15, -0.1) is 24.0 Å². The second kappa shape index (κ2) is 14.9. The Hall–Kier alpha value is -0.0800. The van der Waals surface area contributed by atoms with E-state index in [1.807, 2.05) is 0 Å². The Balaban J connectivity index is 0.00000364. The van der Waals surface area contributed by atoms with E-state index >= 15 is 0 Å². The van der Waals surface area contributed by atoms with Crippen molar-refractivity contribution in [2.24, 2.45) is 4.99 Å². The van der Waals surface area contributed by atoms with E-state index in [1.165, 1.54) is 83.8 Å². The number of nitrogens with zero attached hydrogens (tertiary/aromatic N) is 3. The molecule has 0 aromatic carbocycles. The lowest BCUT2D eigenvalue weighted by Gasteiger charge is -2.24. The molecular weight excluding hydrogens is 449 g/mol. The first-order chi connectivity index (χ1) is 12.7. The first-order valence-corrected chi connectivity index (χ1v) is 11.1. The lowest BCUT2D eigenvalue weighted by molar-refractivity contribution is 0.242. The number of nitrogens with one attached hydrogen (secondary N) is 2. The summed E-state index contributed by atoms with van der Waals surface area (Å²) in [4.78, 5) is 9.80. The molecule has 27 heavy (non-hydrogen) atoms. The molecule has 1 heterocycles. The van der Waals surface area contributed by atoms with Gasteiger partial charge in [-0.3, -0.25) is 9.89 Å². The van der Waals surface area contributed by atoms with Crippen molar-refractivity contribution >= 4 is 29.9 Å². The van der Waals surface area contributed by atoms with Gasteiger partial charge in [0.15, 0.2) is 5.96 Å². The highest BCUT2D eigenvalue weighted by Gasteiger charge is 2.30. The third-order valence-corrected chi connectivity index (χ3v) is 5.78. The normalized spacial score (nSPS) is 21.6. The summed E-state index contributed by atoms with van der Waals surface area (Å²) >= 11 is 0. The van der Waals surface area contributed by atoms with Crippen LogP contribution in [-0.2, 0) is 0 Å². The number of halogens is 1. The third-order valence-electron chi connectivity index (χ3n) is 5.78. The highest BCUT2D eigenvalue weighted by molar-refractivity contribution is 14.0. The van der Waals surface area contributed by atoms with Crippen LogP contribution in [0.3, 0.4) is 0 Å². The fourth-order valence-electron chi connectivity index (χ4n) is 4.28. The number of likely N-dealkylation sites (tertiary alicyclic amines) is 1. The van der Waals surface area contributed by atoms with E-state index in [-0.39, 0.29) is 24.0 Å². The van der Waals surface area contributed by atoms with Gasteiger partial charge in [0.1, 0.15) is 0 Å². The average Bonchev–Trinajstić information content (AvgIpc) is 3.28. The van der Waals surface area contributed by atoms with Crippen molar-refractivity contribution in [3.8, 4) is 0 Å². The minimum Gasteiger partial charge on any atom is -0.357 e. The Morgan fingerprint density at radius 3 is 2.44 bits per heavy atom. The minimum atomic E-state index is 0. The molecule has 2 aliphatic rings. The van der Waals surface area contributed by atoms with E-state index in [0.29, 0.717) is 6.04 Å². The Labute approximate surface area is 185 Å². The zero-order valence-electron chi connectivity index (χ0n) is 18.0. The summed E-state index contributed by atoms with van der Waals surface area (Å²) < 4.78 is 0. The number of rotatable bonds is 11. The van der Waals surface area contributed by atoms with Crippen molar-refractivity contribution in [3.05, 3.63) is 0 Å². The molecule has 0 amide bonds. The van der Waals surface area contributed by atoms with Crippen molar-refractivity contribution in [1.82, 2.24) is 20.4 Å². The predicted octanol–water partition coefficient (Wildman–Crippen LogP) is 3.69. The monoisotopic (exact) mass is 493 g/mol. The lowest BCUT2D eigenvalue weighted by atomic mass is 10.1. The summed E-state index contributed by atoms with van der Waals surface area (Å²) in [5.74, 6) is 1.03. The number of unbranched alkanes of at least 4 members (excludes halogenated alkanes) is 4. The smallest absolute Gasteiger partial charge is 0.191 e. The molecule has 1 atom stereocenters. The molecule has 2 fully saturated rings. The van der Waals surface area contributed by atoms with Crippen LogP contribution in [-0.4, -0.2) is 74.7 Å². The largest absolute Gasteiger partial charge is 0.357 e. The Bertz CT molecular complexity index is 396. The maximum absolute atomic E-state index is 4.81. The summed E-state index contributed by atoms with van der Waals surface area (Å²) in [7, 11) is 4.31. The highest BCUT2D eigenvalue weighted by Crippen LogP contribution is 2.26. The van der Waals surface area contributed by atoms with Gasteiger partial charge in [-0.25, -0.2) is 0 Å². The maximum Gasteiger partial charge on any atom is 0.191 e. The van der Waals surface area contributed by atoms with Gasteiger partial charge in [-0.1, -0.05) is 32.1 Å². The van der Waals surface area contributed by atoms with Crippen LogP contribution >= 0.6 is 24.0 Å². The summed E-state index contributed by atoms with van der Waals surface area (Å²) in [6.07, 6.45) is 13.5. The van der Waals surface area contributed by atoms with Gasteiger partial charge < -0.3 is 15.5 Å². The molecule has 1 aliphatic heterocycles. The van der Waals surface area contributed by atoms with E-state index in [1.54, 1.807) is 0 Å². The standard InChI is InChI=1S/C21H43N5.HI/c1-4-22-21(23-15-10-6-5-7-11-16-25(2)3)24-19-14-17-26(18-19)20-12-8-9-13-20;/h19-20H,4-18H2,1-3H3,(H2,22,23,24);1H. The molecule has 0 spiro atoms. The topological polar surface area (TPSA) is 42.9 Å². The van der Waals surface area contributed by atoms with Gasteiger partial charge in [-0.05, 0) is 59.7 Å². The number of aliphatic imine (C=N–C) groups is 1. The molecule has 0 aromatic rings. The van der Waals surface area contributed by atoms with Gasteiger partial charge in [0.25, 0.3) is 0 Å². The predicted molar refractivity (Wildman–Crippen MR) is 128 cm³/mol. The fourth-order valence-corrected chi connectivity index (χ4v) is 4.28. The molecule has 6 heteroatoms. The molecule has 2 N–H and O–H groups in total. The number of hydrogen-bond donors (Lipinski definition) is 2. The summed E-state index contributed by atoms with van der Waals surface area (Å²) in [5.41, 5.74) is 0. The summed E-state index contributed by atoms with van der Waals surface area (Å²) in [6.45, 7) is 7.71. The maximum atomic E-state index is 4.81. The lowest BCUT2D eigenvalue weighted by Crippen LogP contribution is -2.45. The molecule has 1 aliphatic carbocycles. The van der Waals surface area contributed by atoms with Crippen LogP contribution in [0.2, 0.25) is 0 Å². The molecule has 1 unspecified atom stereocenters. The van der Waals surface area contributed by atoms with Gasteiger partial charge in [0.05, 0.1) is 0 Å². The third kappa shape index (κ3) is 10.3. The van der Waals surface area contributed by atoms with Gasteiger partial charge in [-0.2, -0.15) is 0 Å². The quantitative estimate of drug-likeness (QED) is 0.200. The van der Waals surface area contributed by atoms with Crippen LogP contribution in [0.15, 0.2) is 4.99 Å². The Morgan fingerprint density at radius 2 is 1.74 bits per heavy atom. The second-order valence-corrected chi connectivity index (χ2v) is 8.39. The Morgan fingerprint density at radius 1 is 1.04 bits per heavy atom. The van der Waals surface area contributed by atoms with Crippen LogP contribution in [0.1, 0.15) is 71.1 Å². The van der Waals surface area contributed by atoms with Gasteiger partial charge in [0.2, 0.25) is 0 Å². The first kappa shape index (κ1) is 25.0. The van der Waals surface area contributed by atoms with Crippen molar-refractivity contribution in [2.45, 2.75) is 83.2 Å². The molecule has 1 saturated heterocycles. The molecular formula is C21H44IN5. The van der Waals surface area contributed by atoms with Crippen molar-refractivity contribution in [3.63, 3.8) is 0 Å². The van der Waals surface area contributed by atoms with Crippen LogP contribution in [0.5, 0.6) is 0 Å². The van der Waals surface area contributed by atoms with Crippen molar-refractivity contribution in [1.29, 1.82) is 0 Å². The minimum absolute atomic E-state index is 0. The second-order valence-electron chi connectivity index (χ2n) is 8.39. The molecule has 0 radical (unpaired) electrons. The molecule has 5 nitrogen and oxygen atoms in total. The van der Waals surface area contributed by atoms with Crippen molar-refractivity contribution < 1.29 is 0 Å². The molecule has 1 saturated carbocycles. The molecule has 0 aromatic heterocycles. The van der Waals surface area contributed by atoms with Gasteiger partial charge >= 0.3 is 0 Å². The van der Waals surface area contributed by atoms with Crippen molar-refractivity contribution in [2.75, 3.05) is 46.8 Å². The number of hydrogen-bond acceptors (Lipinski definition) is 3. The van der Waals surface area contributed by atoms with Gasteiger partial charge in [0, 0.05) is 38.3 Å². The zero-order chi connectivity index (χ0) is 18.6. The first-order valence-electron chi connectivity index (χ1n) is 11.1.